The number of rotatable bonds is 4. The fourth-order valence-electron chi connectivity index (χ4n) is 1.98. The molecule has 2 unspecified atom stereocenters. The van der Waals surface area contributed by atoms with Gasteiger partial charge in [0.15, 0.2) is 0 Å². The second-order valence-electron chi connectivity index (χ2n) is 4.69. The van der Waals surface area contributed by atoms with Crippen LogP contribution in [0.15, 0.2) is 35.3 Å². The summed E-state index contributed by atoms with van der Waals surface area (Å²) < 4.78 is 0. The van der Waals surface area contributed by atoms with Crippen molar-refractivity contribution in [2.45, 2.75) is 19.1 Å². The normalized spacial score (nSPS) is 19.9. The van der Waals surface area contributed by atoms with E-state index in [1.807, 2.05) is 30.3 Å². The zero-order valence-corrected chi connectivity index (χ0v) is 11.9. The summed E-state index contributed by atoms with van der Waals surface area (Å²) in [4.78, 5) is 18.2. The fourth-order valence-corrected chi connectivity index (χ4v) is 3.02. The molecule has 5 heteroatoms. The van der Waals surface area contributed by atoms with Crippen LogP contribution >= 0.6 is 11.8 Å². The molecule has 4 nitrogen and oxygen atoms in total. The van der Waals surface area contributed by atoms with Gasteiger partial charge in [0.2, 0.25) is 5.91 Å². The van der Waals surface area contributed by atoms with Crippen LogP contribution in [0.25, 0.3) is 0 Å². The summed E-state index contributed by atoms with van der Waals surface area (Å²) in [5, 5.41) is 10.2. The Bertz CT molecular complexity index is 474. The van der Waals surface area contributed by atoms with Crippen LogP contribution in [0.5, 0.6) is 0 Å². The molecule has 1 aliphatic heterocycles. The van der Waals surface area contributed by atoms with Crippen molar-refractivity contribution < 1.29 is 9.90 Å². The maximum atomic E-state index is 12.2. The van der Waals surface area contributed by atoms with Crippen LogP contribution in [0, 0.1) is 0 Å². The topological polar surface area (TPSA) is 52.9 Å². The van der Waals surface area contributed by atoms with Crippen molar-refractivity contribution in [3.63, 3.8) is 0 Å². The highest BCUT2D eigenvalue weighted by Crippen LogP contribution is 2.24. The van der Waals surface area contributed by atoms with E-state index in [0.29, 0.717) is 12.3 Å². The van der Waals surface area contributed by atoms with Gasteiger partial charge >= 0.3 is 0 Å². The predicted molar refractivity (Wildman–Crippen MR) is 78.5 cm³/mol. The molecule has 102 valence electrons. The Kier molecular flexibility index (Phi) is 4.61. The summed E-state index contributed by atoms with van der Waals surface area (Å²) in [5.74, 6) is 0.645. The molecule has 1 amide bonds. The van der Waals surface area contributed by atoms with Crippen LogP contribution in [-0.4, -0.2) is 52.4 Å². The minimum atomic E-state index is -0.513. The standard InChI is InChI=1S/C14H18N2O2S/c1-10(17)8-16(2)14(18)12-9-19-13(15-12)11-6-4-3-5-7-11/h3-7,10,12,17H,8-9H2,1-2H3. The van der Waals surface area contributed by atoms with E-state index >= 15 is 0 Å². The number of aliphatic hydroxyl groups is 1. The van der Waals surface area contributed by atoms with Gasteiger partial charge in [-0.1, -0.05) is 30.3 Å². The van der Waals surface area contributed by atoms with Gasteiger partial charge in [0.1, 0.15) is 6.04 Å². The van der Waals surface area contributed by atoms with Gasteiger partial charge in [0.05, 0.1) is 11.1 Å². The van der Waals surface area contributed by atoms with Gasteiger partial charge in [0, 0.05) is 24.9 Å². The third-order valence-electron chi connectivity index (χ3n) is 2.87. The molecular weight excluding hydrogens is 260 g/mol. The Morgan fingerprint density at radius 2 is 2.21 bits per heavy atom. The molecule has 1 N–H and O–H groups in total. The van der Waals surface area contributed by atoms with Gasteiger partial charge in [-0.2, -0.15) is 0 Å². The lowest BCUT2D eigenvalue weighted by Crippen LogP contribution is -2.39. The molecule has 19 heavy (non-hydrogen) atoms. The van der Waals surface area contributed by atoms with E-state index in [2.05, 4.69) is 4.99 Å². The van der Waals surface area contributed by atoms with Crippen LogP contribution in [0.3, 0.4) is 0 Å². The molecule has 1 aromatic carbocycles. The monoisotopic (exact) mass is 278 g/mol. The summed E-state index contributed by atoms with van der Waals surface area (Å²) in [6.07, 6.45) is -0.513. The van der Waals surface area contributed by atoms with Crippen LogP contribution in [0.2, 0.25) is 0 Å². The highest BCUT2D eigenvalue weighted by molar-refractivity contribution is 8.14. The summed E-state index contributed by atoms with van der Waals surface area (Å²) in [5.41, 5.74) is 1.06. The number of thioether (sulfide) groups is 1. The Hall–Kier alpha value is -1.33. The van der Waals surface area contributed by atoms with Gasteiger partial charge in [-0.05, 0) is 6.92 Å². The molecule has 1 aromatic rings. The smallest absolute Gasteiger partial charge is 0.248 e. The largest absolute Gasteiger partial charge is 0.392 e. The van der Waals surface area contributed by atoms with Gasteiger partial charge in [-0.25, -0.2) is 0 Å². The molecule has 1 heterocycles. The molecule has 0 aromatic heterocycles. The molecule has 0 saturated carbocycles. The molecule has 1 aliphatic rings. The second-order valence-corrected chi connectivity index (χ2v) is 5.70. The molecule has 0 saturated heterocycles. The number of aliphatic hydroxyl groups excluding tert-OH is 1. The van der Waals surface area contributed by atoms with E-state index in [1.165, 1.54) is 0 Å². The molecule has 0 radical (unpaired) electrons. The van der Waals surface area contributed by atoms with Crippen molar-refractivity contribution >= 4 is 22.7 Å². The Labute approximate surface area is 117 Å². The lowest BCUT2D eigenvalue weighted by molar-refractivity contribution is -0.131. The number of carbonyl (C=O) groups excluding carboxylic acids is 1. The van der Waals surface area contributed by atoms with Crippen LogP contribution < -0.4 is 0 Å². The number of hydrogen-bond acceptors (Lipinski definition) is 4. The highest BCUT2D eigenvalue weighted by atomic mass is 32.2. The second kappa shape index (κ2) is 6.21. The maximum Gasteiger partial charge on any atom is 0.248 e. The van der Waals surface area contributed by atoms with E-state index in [1.54, 1.807) is 30.6 Å². The predicted octanol–water partition coefficient (Wildman–Crippen LogP) is 1.39. The SMILES string of the molecule is CC(O)CN(C)C(=O)C1CSC(c2ccccc2)=N1. The number of hydrogen-bond donors (Lipinski definition) is 1. The third-order valence-corrected chi connectivity index (χ3v) is 3.97. The first-order valence-corrected chi connectivity index (χ1v) is 7.25. The number of likely N-dealkylation sites (N-methyl/N-ethyl adjacent to an activating group) is 1. The zero-order chi connectivity index (χ0) is 13.8. The third kappa shape index (κ3) is 3.58. The molecule has 0 spiro atoms. The lowest BCUT2D eigenvalue weighted by Gasteiger charge is -2.20. The number of amides is 1. The molecule has 0 fully saturated rings. The Balaban J connectivity index is 2.04. The summed E-state index contributed by atoms with van der Waals surface area (Å²) in [7, 11) is 1.70. The Morgan fingerprint density at radius 1 is 1.53 bits per heavy atom. The summed E-state index contributed by atoms with van der Waals surface area (Å²) in [6.45, 7) is 2.02. The van der Waals surface area contributed by atoms with E-state index in [0.717, 1.165) is 10.6 Å². The average molecular weight is 278 g/mol. The summed E-state index contributed by atoms with van der Waals surface area (Å²) in [6, 6.07) is 9.56. The molecule has 0 aliphatic carbocycles. The van der Waals surface area contributed by atoms with Gasteiger partial charge < -0.3 is 10.0 Å². The van der Waals surface area contributed by atoms with Crippen molar-refractivity contribution in [3.05, 3.63) is 35.9 Å². The minimum Gasteiger partial charge on any atom is -0.392 e. The zero-order valence-electron chi connectivity index (χ0n) is 11.1. The average Bonchev–Trinajstić information content (AvgIpc) is 2.87. The van der Waals surface area contributed by atoms with Gasteiger partial charge in [-0.3, -0.25) is 9.79 Å². The molecular formula is C14H18N2O2S. The summed E-state index contributed by atoms with van der Waals surface area (Å²) >= 11 is 1.61. The first kappa shape index (κ1) is 14.1. The number of benzene rings is 1. The van der Waals surface area contributed by atoms with Crippen LogP contribution in [0.4, 0.5) is 0 Å². The lowest BCUT2D eigenvalue weighted by atomic mass is 10.2. The number of aliphatic imine (C=N–C) groups is 1. The van der Waals surface area contributed by atoms with E-state index in [4.69, 9.17) is 0 Å². The van der Waals surface area contributed by atoms with Crippen LogP contribution in [0.1, 0.15) is 12.5 Å². The molecule has 0 bridgehead atoms. The first-order valence-electron chi connectivity index (χ1n) is 6.27. The van der Waals surface area contributed by atoms with Crippen molar-refractivity contribution in [1.29, 1.82) is 0 Å². The highest BCUT2D eigenvalue weighted by Gasteiger charge is 2.28. The van der Waals surface area contributed by atoms with Crippen molar-refractivity contribution in [2.75, 3.05) is 19.3 Å². The quantitative estimate of drug-likeness (QED) is 0.905. The first-order chi connectivity index (χ1) is 9.08. The van der Waals surface area contributed by atoms with Gasteiger partial charge in [-0.15, -0.1) is 11.8 Å². The van der Waals surface area contributed by atoms with Gasteiger partial charge in [0.25, 0.3) is 0 Å². The number of carbonyl (C=O) groups is 1. The molecule has 2 atom stereocenters. The van der Waals surface area contributed by atoms with Crippen LogP contribution in [-0.2, 0) is 4.79 Å². The number of nitrogens with zero attached hydrogens (tertiary/aromatic N) is 2. The van der Waals surface area contributed by atoms with Crippen molar-refractivity contribution in [1.82, 2.24) is 4.90 Å². The van der Waals surface area contributed by atoms with E-state index < -0.39 is 6.10 Å². The fraction of sp³-hybridized carbons (Fsp3) is 0.429. The van der Waals surface area contributed by atoms with E-state index in [-0.39, 0.29) is 11.9 Å². The van der Waals surface area contributed by atoms with Crippen molar-refractivity contribution in [3.8, 4) is 0 Å². The maximum absolute atomic E-state index is 12.2. The van der Waals surface area contributed by atoms with Crippen molar-refractivity contribution in [2.24, 2.45) is 4.99 Å². The molecule has 2 rings (SSSR count). The Morgan fingerprint density at radius 3 is 2.84 bits per heavy atom. The van der Waals surface area contributed by atoms with E-state index in [9.17, 15) is 9.90 Å². The minimum absolute atomic E-state index is 0.0284.